The number of pyridine rings is 1. The van der Waals surface area contributed by atoms with Crippen LogP contribution in [0.2, 0.25) is 0 Å². The molecule has 0 atom stereocenters. The van der Waals surface area contributed by atoms with Gasteiger partial charge in [-0.1, -0.05) is 23.5 Å². The molecular formula is C22H19N5O2S. The molecule has 7 nitrogen and oxygen atoms in total. The minimum atomic E-state index is -0.254. The number of aryl methyl sites for hydroxylation is 1. The second-order valence-corrected chi connectivity index (χ2v) is 8.38. The number of nitrogens with one attached hydrogen (secondary N) is 1. The zero-order valence-corrected chi connectivity index (χ0v) is 17.5. The standard InChI is InChI=1S/C22H19N5O2S/c1-12(2)27-20-15(11-23-27)14(10-16(24-20)17-7-5-9-29-17)21(28)26-22-25-19-13(3)6-4-8-18(19)30-22/h4-12H,1-3H3,(H,25,26,28). The number of furan rings is 1. The fourth-order valence-corrected chi connectivity index (χ4v) is 4.38. The van der Waals surface area contributed by atoms with Crippen LogP contribution in [0.25, 0.3) is 32.7 Å². The van der Waals surface area contributed by atoms with E-state index in [1.807, 2.05) is 45.0 Å². The minimum absolute atomic E-state index is 0.102. The van der Waals surface area contributed by atoms with Crippen molar-refractivity contribution in [3.05, 3.63) is 60.0 Å². The van der Waals surface area contributed by atoms with Gasteiger partial charge in [-0.3, -0.25) is 10.1 Å². The van der Waals surface area contributed by atoms with Crippen LogP contribution in [0.15, 0.2) is 53.3 Å². The average Bonchev–Trinajstić information content (AvgIpc) is 3.46. The molecule has 0 spiro atoms. The molecule has 0 bridgehead atoms. The van der Waals surface area contributed by atoms with Gasteiger partial charge in [0.15, 0.2) is 16.5 Å². The van der Waals surface area contributed by atoms with Gasteiger partial charge in [-0.05, 0) is 50.6 Å². The number of amides is 1. The lowest BCUT2D eigenvalue weighted by atomic mass is 10.1. The van der Waals surface area contributed by atoms with Crippen LogP contribution in [0.4, 0.5) is 5.13 Å². The molecule has 0 radical (unpaired) electrons. The third-order valence-electron chi connectivity index (χ3n) is 4.92. The van der Waals surface area contributed by atoms with Crippen LogP contribution in [0.5, 0.6) is 0 Å². The van der Waals surface area contributed by atoms with Crippen LogP contribution in [0.1, 0.15) is 35.8 Å². The highest BCUT2D eigenvalue weighted by atomic mass is 32.1. The maximum Gasteiger partial charge on any atom is 0.258 e. The maximum absolute atomic E-state index is 13.3. The van der Waals surface area contributed by atoms with Crippen LogP contribution in [-0.4, -0.2) is 25.7 Å². The Kier molecular flexibility index (Phi) is 4.36. The van der Waals surface area contributed by atoms with Crippen molar-refractivity contribution in [2.75, 3.05) is 5.32 Å². The Hall–Kier alpha value is -3.52. The van der Waals surface area contributed by atoms with Crippen LogP contribution in [0.3, 0.4) is 0 Å². The van der Waals surface area contributed by atoms with Gasteiger partial charge >= 0.3 is 0 Å². The van der Waals surface area contributed by atoms with Gasteiger partial charge in [-0.15, -0.1) is 0 Å². The molecule has 0 saturated heterocycles. The van der Waals surface area contributed by atoms with Crippen LogP contribution >= 0.6 is 11.3 Å². The van der Waals surface area contributed by atoms with E-state index in [1.165, 1.54) is 11.3 Å². The van der Waals surface area contributed by atoms with Crippen molar-refractivity contribution in [1.29, 1.82) is 0 Å². The zero-order chi connectivity index (χ0) is 20.8. The lowest BCUT2D eigenvalue weighted by molar-refractivity contribution is 0.102. The van der Waals surface area contributed by atoms with Crippen molar-refractivity contribution in [3.8, 4) is 11.5 Å². The summed E-state index contributed by atoms with van der Waals surface area (Å²) in [5, 5.41) is 8.64. The second kappa shape index (κ2) is 7.07. The van der Waals surface area contributed by atoms with E-state index in [0.29, 0.717) is 33.2 Å². The topological polar surface area (TPSA) is 85.8 Å². The van der Waals surface area contributed by atoms with E-state index < -0.39 is 0 Å². The molecule has 0 aliphatic carbocycles. The van der Waals surface area contributed by atoms with Crippen LogP contribution in [-0.2, 0) is 0 Å². The number of hydrogen-bond acceptors (Lipinski definition) is 6. The Morgan fingerprint density at radius 1 is 1.20 bits per heavy atom. The normalized spacial score (nSPS) is 11.6. The molecule has 30 heavy (non-hydrogen) atoms. The predicted octanol–water partition coefficient (Wildman–Crippen LogP) is 5.44. The molecule has 5 rings (SSSR count). The summed E-state index contributed by atoms with van der Waals surface area (Å²) in [4.78, 5) is 22.6. The van der Waals surface area contributed by atoms with E-state index in [0.717, 1.165) is 15.8 Å². The molecule has 1 N–H and O–H groups in total. The molecule has 0 aliphatic rings. The number of para-hydroxylation sites is 1. The number of carbonyl (C=O) groups is 1. The van der Waals surface area contributed by atoms with Crippen molar-refractivity contribution < 1.29 is 9.21 Å². The zero-order valence-electron chi connectivity index (χ0n) is 16.7. The number of fused-ring (bicyclic) bond motifs is 2. The molecule has 150 valence electrons. The Morgan fingerprint density at radius 2 is 2.07 bits per heavy atom. The molecule has 1 amide bonds. The van der Waals surface area contributed by atoms with E-state index in [-0.39, 0.29) is 11.9 Å². The first-order valence-corrected chi connectivity index (χ1v) is 10.4. The number of thiazole rings is 1. The van der Waals surface area contributed by atoms with Crippen molar-refractivity contribution in [2.45, 2.75) is 26.8 Å². The van der Waals surface area contributed by atoms with Crippen molar-refractivity contribution in [1.82, 2.24) is 19.7 Å². The summed E-state index contributed by atoms with van der Waals surface area (Å²) in [6.07, 6.45) is 3.27. The number of rotatable bonds is 4. The quantitative estimate of drug-likeness (QED) is 0.421. The van der Waals surface area contributed by atoms with E-state index >= 15 is 0 Å². The molecule has 0 saturated carbocycles. The smallest absolute Gasteiger partial charge is 0.258 e. The molecular weight excluding hydrogens is 398 g/mol. The highest BCUT2D eigenvalue weighted by Gasteiger charge is 2.20. The second-order valence-electron chi connectivity index (χ2n) is 7.35. The summed E-state index contributed by atoms with van der Waals surface area (Å²) in [5.74, 6) is 0.341. The number of nitrogens with zero attached hydrogens (tertiary/aromatic N) is 4. The van der Waals surface area contributed by atoms with Crippen molar-refractivity contribution >= 4 is 43.6 Å². The van der Waals surface area contributed by atoms with E-state index in [1.54, 1.807) is 29.3 Å². The minimum Gasteiger partial charge on any atom is -0.463 e. The Morgan fingerprint density at radius 3 is 2.80 bits per heavy atom. The molecule has 0 unspecified atom stereocenters. The fraction of sp³-hybridized carbons (Fsp3) is 0.182. The molecule has 0 aliphatic heterocycles. The van der Waals surface area contributed by atoms with Gasteiger partial charge < -0.3 is 4.42 Å². The third kappa shape index (κ3) is 3.05. The molecule has 0 fully saturated rings. The van der Waals surface area contributed by atoms with Crippen LogP contribution in [0, 0.1) is 6.92 Å². The summed E-state index contributed by atoms with van der Waals surface area (Å²) in [6.45, 7) is 6.06. The van der Waals surface area contributed by atoms with Gasteiger partial charge in [0, 0.05) is 6.04 Å². The number of anilines is 1. The first-order valence-electron chi connectivity index (χ1n) is 9.61. The summed E-state index contributed by atoms with van der Waals surface area (Å²) in [6, 6.07) is 11.5. The molecule has 5 aromatic rings. The van der Waals surface area contributed by atoms with Gasteiger partial charge in [-0.25, -0.2) is 14.6 Å². The Bertz CT molecular complexity index is 1380. The summed E-state index contributed by atoms with van der Waals surface area (Å²) in [5.41, 5.74) is 3.69. The first-order chi connectivity index (χ1) is 14.5. The molecule has 8 heteroatoms. The van der Waals surface area contributed by atoms with Gasteiger partial charge in [0.25, 0.3) is 5.91 Å². The monoisotopic (exact) mass is 417 g/mol. The number of aromatic nitrogens is 4. The van der Waals surface area contributed by atoms with E-state index in [2.05, 4.69) is 15.4 Å². The highest BCUT2D eigenvalue weighted by Crippen LogP contribution is 2.30. The third-order valence-corrected chi connectivity index (χ3v) is 5.85. The van der Waals surface area contributed by atoms with Crippen molar-refractivity contribution in [3.63, 3.8) is 0 Å². The SMILES string of the molecule is Cc1cccc2sc(NC(=O)c3cc(-c4ccco4)nc4c3cnn4C(C)C)nc12. The van der Waals surface area contributed by atoms with Gasteiger partial charge in [-0.2, -0.15) is 5.10 Å². The lowest BCUT2D eigenvalue weighted by Crippen LogP contribution is -2.13. The molecule has 4 heterocycles. The van der Waals surface area contributed by atoms with Gasteiger partial charge in [0.05, 0.1) is 33.6 Å². The summed E-state index contributed by atoms with van der Waals surface area (Å²) >= 11 is 1.45. The largest absolute Gasteiger partial charge is 0.463 e. The number of hydrogen-bond donors (Lipinski definition) is 1. The Balaban J connectivity index is 1.61. The molecule has 4 aromatic heterocycles. The average molecular weight is 417 g/mol. The lowest BCUT2D eigenvalue weighted by Gasteiger charge is -2.09. The van der Waals surface area contributed by atoms with Crippen LogP contribution < -0.4 is 5.32 Å². The summed E-state index contributed by atoms with van der Waals surface area (Å²) in [7, 11) is 0. The summed E-state index contributed by atoms with van der Waals surface area (Å²) < 4.78 is 8.36. The number of carbonyl (C=O) groups excluding carboxylic acids is 1. The highest BCUT2D eigenvalue weighted by molar-refractivity contribution is 7.22. The molecule has 1 aromatic carbocycles. The maximum atomic E-state index is 13.3. The number of benzene rings is 1. The van der Waals surface area contributed by atoms with Gasteiger partial charge in [0.2, 0.25) is 0 Å². The van der Waals surface area contributed by atoms with E-state index in [4.69, 9.17) is 9.40 Å². The van der Waals surface area contributed by atoms with E-state index in [9.17, 15) is 4.79 Å². The first kappa shape index (κ1) is 18.5. The Labute approximate surface area is 176 Å². The predicted molar refractivity (Wildman–Crippen MR) is 118 cm³/mol. The van der Waals surface area contributed by atoms with Crippen molar-refractivity contribution in [2.24, 2.45) is 0 Å². The van der Waals surface area contributed by atoms with Gasteiger partial charge in [0.1, 0.15) is 5.69 Å². The fourth-order valence-electron chi connectivity index (χ4n) is 3.44.